The SMILES string of the molecule is O=S(=O)(NCCCF)c1cc(CO)c(Cl)cc1Cl. The van der Waals surface area contributed by atoms with Crippen molar-refractivity contribution in [2.24, 2.45) is 0 Å². The summed E-state index contributed by atoms with van der Waals surface area (Å²) >= 11 is 11.6. The van der Waals surface area contributed by atoms with Gasteiger partial charge < -0.3 is 5.11 Å². The third-order valence-corrected chi connectivity index (χ3v) is 4.44. The van der Waals surface area contributed by atoms with E-state index in [1.807, 2.05) is 0 Å². The lowest BCUT2D eigenvalue weighted by Crippen LogP contribution is -2.25. The molecule has 0 amide bonds. The second kappa shape index (κ2) is 6.68. The van der Waals surface area contributed by atoms with Crippen molar-refractivity contribution in [3.8, 4) is 0 Å². The van der Waals surface area contributed by atoms with Crippen molar-refractivity contribution >= 4 is 33.2 Å². The van der Waals surface area contributed by atoms with Gasteiger partial charge in [0.1, 0.15) is 4.90 Å². The molecule has 1 rings (SSSR count). The van der Waals surface area contributed by atoms with Gasteiger partial charge in [0.2, 0.25) is 10.0 Å². The molecule has 0 heterocycles. The van der Waals surface area contributed by atoms with Crippen molar-refractivity contribution in [3.63, 3.8) is 0 Å². The van der Waals surface area contributed by atoms with Gasteiger partial charge in [0.15, 0.2) is 0 Å². The van der Waals surface area contributed by atoms with Gasteiger partial charge in [-0.1, -0.05) is 23.2 Å². The molecule has 0 fully saturated rings. The molecular formula is C10H12Cl2FNO3S. The summed E-state index contributed by atoms with van der Waals surface area (Å²) < 4.78 is 37.9. The van der Waals surface area contributed by atoms with E-state index >= 15 is 0 Å². The van der Waals surface area contributed by atoms with Crippen LogP contribution in [0.3, 0.4) is 0 Å². The van der Waals surface area contributed by atoms with Crippen LogP contribution in [0.25, 0.3) is 0 Å². The second-order valence-electron chi connectivity index (χ2n) is 3.47. The Bertz CT molecular complexity index is 522. The third-order valence-electron chi connectivity index (χ3n) is 2.16. The summed E-state index contributed by atoms with van der Waals surface area (Å²) in [6, 6.07) is 2.45. The van der Waals surface area contributed by atoms with Gasteiger partial charge in [-0.05, 0) is 24.1 Å². The van der Waals surface area contributed by atoms with E-state index in [1.54, 1.807) is 0 Å². The molecule has 0 unspecified atom stereocenters. The van der Waals surface area contributed by atoms with Crippen molar-refractivity contribution < 1.29 is 17.9 Å². The Morgan fingerprint density at radius 1 is 1.28 bits per heavy atom. The van der Waals surface area contributed by atoms with E-state index in [-0.39, 0.29) is 33.5 Å². The quantitative estimate of drug-likeness (QED) is 0.790. The molecule has 2 N–H and O–H groups in total. The summed E-state index contributed by atoms with van der Waals surface area (Å²) in [6.07, 6.45) is 0.0807. The average molecular weight is 316 g/mol. The van der Waals surface area contributed by atoms with E-state index in [0.717, 1.165) is 0 Å². The molecule has 1 aromatic carbocycles. The Balaban J connectivity index is 3.08. The van der Waals surface area contributed by atoms with Crippen LogP contribution in [0, 0.1) is 0 Å². The molecule has 0 saturated heterocycles. The van der Waals surface area contributed by atoms with E-state index in [4.69, 9.17) is 28.3 Å². The van der Waals surface area contributed by atoms with Crippen LogP contribution in [0.5, 0.6) is 0 Å². The highest BCUT2D eigenvalue weighted by Crippen LogP contribution is 2.28. The normalized spacial score (nSPS) is 11.8. The van der Waals surface area contributed by atoms with Crippen molar-refractivity contribution in [2.75, 3.05) is 13.2 Å². The van der Waals surface area contributed by atoms with Crippen LogP contribution in [-0.2, 0) is 16.6 Å². The van der Waals surface area contributed by atoms with E-state index < -0.39 is 23.3 Å². The average Bonchev–Trinajstić information content (AvgIpc) is 2.29. The van der Waals surface area contributed by atoms with Crippen molar-refractivity contribution in [2.45, 2.75) is 17.9 Å². The molecule has 4 nitrogen and oxygen atoms in total. The number of nitrogens with one attached hydrogen (secondary N) is 1. The van der Waals surface area contributed by atoms with Gasteiger partial charge in [-0.25, -0.2) is 13.1 Å². The zero-order chi connectivity index (χ0) is 13.8. The first-order chi connectivity index (χ1) is 8.42. The highest BCUT2D eigenvalue weighted by molar-refractivity contribution is 7.89. The molecule has 1 aromatic rings. The minimum Gasteiger partial charge on any atom is -0.392 e. The number of aliphatic hydroxyl groups excluding tert-OH is 1. The number of sulfonamides is 1. The number of hydrogen-bond donors (Lipinski definition) is 2. The van der Waals surface area contributed by atoms with Gasteiger partial charge in [-0.2, -0.15) is 0 Å². The maximum absolute atomic E-state index is 11.9. The van der Waals surface area contributed by atoms with Crippen LogP contribution in [0.2, 0.25) is 10.0 Å². The summed E-state index contributed by atoms with van der Waals surface area (Å²) in [4.78, 5) is -0.184. The van der Waals surface area contributed by atoms with Crippen molar-refractivity contribution in [3.05, 3.63) is 27.7 Å². The van der Waals surface area contributed by atoms with Gasteiger partial charge in [0.05, 0.1) is 18.3 Å². The summed E-state index contributed by atoms with van der Waals surface area (Å²) in [5.41, 5.74) is 0.256. The molecule has 0 aromatic heterocycles. The predicted octanol–water partition coefficient (Wildman–Crippen LogP) is 2.12. The van der Waals surface area contributed by atoms with Crippen molar-refractivity contribution in [1.82, 2.24) is 4.72 Å². The van der Waals surface area contributed by atoms with Gasteiger partial charge in [0, 0.05) is 11.6 Å². The fourth-order valence-electron chi connectivity index (χ4n) is 1.25. The highest BCUT2D eigenvalue weighted by atomic mass is 35.5. The zero-order valence-corrected chi connectivity index (χ0v) is 11.6. The number of rotatable bonds is 6. The molecular weight excluding hydrogens is 304 g/mol. The minimum absolute atomic E-state index is 0.0216. The number of halogens is 3. The lowest BCUT2D eigenvalue weighted by molar-refractivity contribution is 0.281. The largest absolute Gasteiger partial charge is 0.392 e. The Hall–Kier alpha value is -0.400. The molecule has 0 aliphatic carbocycles. The predicted molar refractivity (Wildman–Crippen MR) is 68.2 cm³/mol. The first kappa shape index (κ1) is 15.7. The smallest absolute Gasteiger partial charge is 0.242 e. The van der Waals surface area contributed by atoms with E-state index in [0.29, 0.717) is 0 Å². The van der Waals surface area contributed by atoms with Gasteiger partial charge in [0.25, 0.3) is 0 Å². The monoisotopic (exact) mass is 315 g/mol. The Labute approximate surface area is 115 Å². The van der Waals surface area contributed by atoms with Crippen LogP contribution in [0.1, 0.15) is 12.0 Å². The number of benzene rings is 1. The maximum atomic E-state index is 11.9. The van der Waals surface area contributed by atoms with Crippen LogP contribution in [-0.4, -0.2) is 26.7 Å². The molecule has 0 bridgehead atoms. The molecule has 102 valence electrons. The van der Waals surface area contributed by atoms with Crippen LogP contribution < -0.4 is 4.72 Å². The van der Waals surface area contributed by atoms with E-state index in [9.17, 15) is 12.8 Å². The molecule has 0 radical (unpaired) electrons. The fraction of sp³-hybridized carbons (Fsp3) is 0.400. The molecule has 18 heavy (non-hydrogen) atoms. The zero-order valence-electron chi connectivity index (χ0n) is 9.29. The Kier molecular flexibility index (Phi) is 5.81. The second-order valence-corrected chi connectivity index (χ2v) is 6.02. The summed E-state index contributed by atoms with van der Waals surface area (Å²) in [5, 5.41) is 9.16. The summed E-state index contributed by atoms with van der Waals surface area (Å²) in [7, 11) is -3.83. The summed E-state index contributed by atoms with van der Waals surface area (Å²) in [5.74, 6) is 0. The van der Waals surface area contributed by atoms with Crippen LogP contribution >= 0.6 is 23.2 Å². The molecule has 0 aliphatic rings. The molecule has 0 atom stereocenters. The topological polar surface area (TPSA) is 66.4 Å². The fourth-order valence-corrected chi connectivity index (χ4v) is 3.18. The van der Waals surface area contributed by atoms with E-state index in [1.165, 1.54) is 12.1 Å². The standard InChI is InChI=1S/C10H12Cl2FNO3S/c11-8-5-9(12)10(4-7(8)6-15)18(16,17)14-3-1-2-13/h4-5,14-15H,1-3,6H2. The lowest BCUT2D eigenvalue weighted by Gasteiger charge is -2.10. The molecule has 0 aliphatic heterocycles. The molecule has 8 heteroatoms. The lowest BCUT2D eigenvalue weighted by atomic mass is 10.2. The number of alkyl halides is 1. The number of aliphatic hydroxyl groups is 1. The maximum Gasteiger partial charge on any atom is 0.242 e. The first-order valence-corrected chi connectivity index (χ1v) is 7.30. The summed E-state index contributed by atoms with van der Waals surface area (Å²) in [6.45, 7) is -1.03. The minimum atomic E-state index is -3.83. The van der Waals surface area contributed by atoms with Gasteiger partial charge in [-0.3, -0.25) is 4.39 Å². The highest BCUT2D eigenvalue weighted by Gasteiger charge is 2.19. The molecule has 0 saturated carbocycles. The third kappa shape index (κ3) is 3.80. The van der Waals surface area contributed by atoms with Gasteiger partial charge >= 0.3 is 0 Å². The van der Waals surface area contributed by atoms with Crippen molar-refractivity contribution in [1.29, 1.82) is 0 Å². The van der Waals surface area contributed by atoms with Gasteiger partial charge in [-0.15, -0.1) is 0 Å². The Morgan fingerprint density at radius 3 is 2.50 bits per heavy atom. The Morgan fingerprint density at radius 2 is 1.94 bits per heavy atom. The molecule has 0 spiro atoms. The van der Waals surface area contributed by atoms with E-state index in [2.05, 4.69) is 4.72 Å². The van der Waals surface area contributed by atoms with Crippen LogP contribution in [0.4, 0.5) is 4.39 Å². The first-order valence-electron chi connectivity index (χ1n) is 5.06. The van der Waals surface area contributed by atoms with Crippen LogP contribution in [0.15, 0.2) is 17.0 Å². The number of hydrogen-bond acceptors (Lipinski definition) is 3.